The number of aromatic amines is 1. The number of hydrogen-bond donors (Lipinski definition) is 1. The van der Waals surface area contributed by atoms with E-state index in [-0.39, 0.29) is 18.1 Å². The van der Waals surface area contributed by atoms with E-state index < -0.39 is 0 Å². The van der Waals surface area contributed by atoms with Crippen LogP contribution in [0.2, 0.25) is 0 Å². The van der Waals surface area contributed by atoms with Gasteiger partial charge < -0.3 is 9.88 Å². The predicted octanol–water partition coefficient (Wildman–Crippen LogP) is 3.74. The van der Waals surface area contributed by atoms with Crippen molar-refractivity contribution >= 4 is 16.8 Å². The van der Waals surface area contributed by atoms with E-state index in [1.165, 1.54) is 28.3 Å². The molecule has 2 aromatic carbocycles. The van der Waals surface area contributed by atoms with Crippen molar-refractivity contribution < 1.29 is 9.18 Å². The Morgan fingerprint density at radius 1 is 1.25 bits per heavy atom. The molecule has 1 amide bonds. The first-order chi connectivity index (χ1) is 11.6. The Morgan fingerprint density at radius 3 is 2.92 bits per heavy atom. The molecule has 1 N–H and O–H groups in total. The summed E-state index contributed by atoms with van der Waals surface area (Å²) >= 11 is 0. The molecule has 24 heavy (non-hydrogen) atoms. The maximum absolute atomic E-state index is 13.8. The normalized spacial score (nSPS) is 14.0. The van der Waals surface area contributed by atoms with E-state index >= 15 is 0 Å². The first-order valence-corrected chi connectivity index (χ1v) is 8.23. The molecule has 4 rings (SSSR count). The van der Waals surface area contributed by atoms with Gasteiger partial charge in [0, 0.05) is 41.7 Å². The molecule has 1 aromatic heterocycles. The Hall–Kier alpha value is -2.62. The number of nitrogens with one attached hydrogen (secondary N) is 1. The lowest BCUT2D eigenvalue weighted by Gasteiger charge is -2.27. The van der Waals surface area contributed by atoms with Gasteiger partial charge in [-0.05, 0) is 30.2 Å². The van der Waals surface area contributed by atoms with E-state index in [1.54, 1.807) is 18.2 Å². The van der Waals surface area contributed by atoms with E-state index in [1.807, 2.05) is 4.90 Å². The van der Waals surface area contributed by atoms with E-state index in [0.29, 0.717) is 18.7 Å². The van der Waals surface area contributed by atoms with Gasteiger partial charge in [-0.25, -0.2) is 4.39 Å². The summed E-state index contributed by atoms with van der Waals surface area (Å²) < 4.78 is 13.8. The third kappa shape index (κ3) is 2.58. The van der Waals surface area contributed by atoms with E-state index in [4.69, 9.17) is 0 Å². The average Bonchev–Trinajstić information content (AvgIpc) is 2.93. The fraction of sp³-hybridized carbons (Fsp3) is 0.250. The number of hydrogen-bond acceptors (Lipinski definition) is 1. The number of rotatable bonds is 2. The molecule has 3 nitrogen and oxygen atoms in total. The van der Waals surface area contributed by atoms with Crippen molar-refractivity contribution in [2.24, 2.45) is 0 Å². The second kappa shape index (κ2) is 5.78. The molecule has 0 saturated carbocycles. The molecule has 0 spiro atoms. The monoisotopic (exact) mass is 322 g/mol. The Kier molecular flexibility index (Phi) is 3.60. The van der Waals surface area contributed by atoms with Crippen molar-refractivity contribution in [2.45, 2.75) is 26.3 Å². The maximum Gasteiger partial charge on any atom is 0.227 e. The van der Waals surface area contributed by atoms with Crippen LogP contribution in [0.15, 0.2) is 42.5 Å². The van der Waals surface area contributed by atoms with E-state index in [2.05, 4.69) is 30.1 Å². The third-order valence-corrected chi connectivity index (χ3v) is 4.78. The largest absolute Gasteiger partial charge is 0.358 e. The summed E-state index contributed by atoms with van der Waals surface area (Å²) in [4.78, 5) is 17.9. The van der Waals surface area contributed by atoms with Gasteiger partial charge in [-0.1, -0.05) is 30.3 Å². The molecule has 0 unspecified atom stereocenters. The van der Waals surface area contributed by atoms with Gasteiger partial charge >= 0.3 is 0 Å². The number of aromatic nitrogens is 1. The summed E-state index contributed by atoms with van der Waals surface area (Å²) in [6.07, 6.45) is 0.926. The molecule has 122 valence electrons. The fourth-order valence-corrected chi connectivity index (χ4v) is 3.47. The summed E-state index contributed by atoms with van der Waals surface area (Å²) in [5, 5.41) is 1.18. The lowest BCUT2D eigenvalue weighted by Crippen LogP contribution is -2.36. The van der Waals surface area contributed by atoms with Crippen molar-refractivity contribution in [3.05, 3.63) is 70.7 Å². The zero-order valence-corrected chi connectivity index (χ0v) is 13.6. The van der Waals surface area contributed by atoms with Crippen LogP contribution in [0.25, 0.3) is 10.9 Å². The van der Waals surface area contributed by atoms with Gasteiger partial charge in [0.15, 0.2) is 0 Å². The Labute approximate surface area is 140 Å². The van der Waals surface area contributed by atoms with Crippen molar-refractivity contribution in [1.82, 2.24) is 9.88 Å². The second-order valence-corrected chi connectivity index (χ2v) is 6.46. The fourth-order valence-electron chi connectivity index (χ4n) is 3.47. The highest BCUT2D eigenvalue weighted by atomic mass is 19.1. The number of amides is 1. The molecule has 0 aliphatic carbocycles. The molecule has 0 radical (unpaired) electrons. The first kappa shape index (κ1) is 14.9. The van der Waals surface area contributed by atoms with E-state index in [0.717, 1.165) is 11.9 Å². The number of halogens is 1. The average molecular weight is 322 g/mol. The number of fused-ring (bicyclic) bond motifs is 3. The predicted molar refractivity (Wildman–Crippen MR) is 92.3 cm³/mol. The summed E-state index contributed by atoms with van der Waals surface area (Å²) in [6, 6.07) is 12.8. The van der Waals surface area contributed by atoms with Crippen LogP contribution in [0, 0.1) is 12.7 Å². The summed E-state index contributed by atoms with van der Waals surface area (Å²) in [6.45, 7) is 3.33. The van der Waals surface area contributed by atoms with Gasteiger partial charge in [0.1, 0.15) is 5.82 Å². The molecular weight excluding hydrogens is 303 g/mol. The topological polar surface area (TPSA) is 36.1 Å². The minimum atomic E-state index is -0.314. The SMILES string of the molecule is Cc1ccc2c3c([nH]c2c1)CCN(C(=O)Cc1ccccc1F)C3. The van der Waals surface area contributed by atoms with Crippen LogP contribution in [0.1, 0.15) is 22.4 Å². The number of nitrogens with zero attached hydrogens (tertiary/aromatic N) is 1. The van der Waals surface area contributed by atoms with Crippen molar-refractivity contribution in [1.29, 1.82) is 0 Å². The zero-order valence-electron chi connectivity index (χ0n) is 13.6. The second-order valence-electron chi connectivity index (χ2n) is 6.46. The number of aryl methyl sites for hydroxylation is 1. The summed E-state index contributed by atoms with van der Waals surface area (Å²) in [7, 11) is 0. The van der Waals surface area contributed by atoms with Crippen LogP contribution in [0.3, 0.4) is 0 Å². The molecule has 0 fully saturated rings. The minimum Gasteiger partial charge on any atom is -0.358 e. The van der Waals surface area contributed by atoms with Gasteiger partial charge in [0.25, 0.3) is 0 Å². The van der Waals surface area contributed by atoms with Gasteiger partial charge in [-0.2, -0.15) is 0 Å². The van der Waals surface area contributed by atoms with Crippen molar-refractivity contribution in [2.75, 3.05) is 6.54 Å². The Morgan fingerprint density at radius 2 is 2.08 bits per heavy atom. The van der Waals surface area contributed by atoms with Crippen LogP contribution < -0.4 is 0 Å². The molecule has 1 aliphatic rings. The maximum atomic E-state index is 13.8. The van der Waals surface area contributed by atoms with Crippen LogP contribution in [0.4, 0.5) is 4.39 Å². The third-order valence-electron chi connectivity index (χ3n) is 4.78. The lowest BCUT2D eigenvalue weighted by atomic mass is 10.0. The van der Waals surface area contributed by atoms with Crippen LogP contribution >= 0.6 is 0 Å². The van der Waals surface area contributed by atoms with Crippen LogP contribution in [0.5, 0.6) is 0 Å². The summed E-state index contributed by atoms with van der Waals surface area (Å²) in [5.41, 5.74) is 5.21. The quantitative estimate of drug-likeness (QED) is 0.766. The first-order valence-electron chi connectivity index (χ1n) is 8.23. The Balaban J connectivity index is 1.58. The Bertz CT molecular complexity index is 929. The number of benzene rings is 2. The number of H-pyrrole nitrogens is 1. The number of carbonyl (C=O) groups is 1. The van der Waals surface area contributed by atoms with Crippen LogP contribution in [-0.2, 0) is 24.2 Å². The molecule has 0 saturated heterocycles. The van der Waals surface area contributed by atoms with Gasteiger partial charge in [0.2, 0.25) is 5.91 Å². The molecular formula is C20H19FN2O. The van der Waals surface area contributed by atoms with Crippen molar-refractivity contribution in [3.63, 3.8) is 0 Å². The molecule has 0 bridgehead atoms. The molecule has 3 aromatic rings. The molecule has 0 atom stereocenters. The van der Waals surface area contributed by atoms with Gasteiger partial charge in [-0.3, -0.25) is 4.79 Å². The standard InChI is InChI=1S/C20H19FN2O/c1-13-6-7-15-16-12-23(9-8-18(16)22-19(15)10-13)20(24)11-14-4-2-3-5-17(14)21/h2-7,10,22H,8-9,11-12H2,1H3. The lowest BCUT2D eigenvalue weighted by molar-refractivity contribution is -0.131. The smallest absolute Gasteiger partial charge is 0.227 e. The number of carbonyl (C=O) groups excluding carboxylic acids is 1. The highest BCUT2D eigenvalue weighted by molar-refractivity contribution is 5.87. The van der Waals surface area contributed by atoms with Gasteiger partial charge in [-0.15, -0.1) is 0 Å². The molecule has 1 aliphatic heterocycles. The van der Waals surface area contributed by atoms with E-state index in [9.17, 15) is 9.18 Å². The molecule has 2 heterocycles. The highest BCUT2D eigenvalue weighted by Gasteiger charge is 2.24. The van der Waals surface area contributed by atoms with Crippen LogP contribution in [-0.4, -0.2) is 22.3 Å². The molecule has 4 heteroatoms. The van der Waals surface area contributed by atoms with Crippen molar-refractivity contribution in [3.8, 4) is 0 Å². The highest BCUT2D eigenvalue weighted by Crippen LogP contribution is 2.28. The zero-order chi connectivity index (χ0) is 16.7. The summed E-state index contributed by atoms with van der Waals surface area (Å²) in [5.74, 6) is -0.335. The minimum absolute atomic E-state index is 0.0211. The van der Waals surface area contributed by atoms with Gasteiger partial charge in [0.05, 0.1) is 6.42 Å².